The molecule has 17 heavy (non-hydrogen) atoms. The van der Waals surface area contributed by atoms with Crippen molar-refractivity contribution < 1.29 is 4.79 Å². The average Bonchev–Trinajstić information content (AvgIpc) is 2.31. The van der Waals surface area contributed by atoms with Crippen molar-refractivity contribution in [3.8, 4) is 0 Å². The highest BCUT2D eigenvalue weighted by molar-refractivity contribution is 7.99. The molecule has 0 aliphatic carbocycles. The maximum absolute atomic E-state index is 11.4. The van der Waals surface area contributed by atoms with E-state index in [2.05, 4.69) is 17.6 Å². The second kappa shape index (κ2) is 11.2. The number of carbonyl (C=O) groups is 1. The molecule has 1 saturated heterocycles. The Hall–Kier alpha value is 0.0700. The van der Waals surface area contributed by atoms with E-state index >= 15 is 0 Å². The highest BCUT2D eigenvalue weighted by atomic mass is 35.5. The van der Waals surface area contributed by atoms with E-state index in [9.17, 15) is 4.79 Å². The van der Waals surface area contributed by atoms with Gasteiger partial charge in [0.1, 0.15) is 0 Å². The van der Waals surface area contributed by atoms with Crippen LogP contribution in [0.3, 0.4) is 0 Å². The van der Waals surface area contributed by atoms with Crippen molar-refractivity contribution in [2.24, 2.45) is 5.92 Å². The van der Waals surface area contributed by atoms with Gasteiger partial charge in [-0.15, -0.1) is 12.4 Å². The normalized spacial score (nSPS) is 19.5. The number of carbonyl (C=O) groups excluding carboxylic acids is 1. The molecule has 0 radical (unpaired) electrons. The second-order valence-electron chi connectivity index (χ2n) is 4.40. The maximum atomic E-state index is 11.4. The van der Waals surface area contributed by atoms with Crippen LogP contribution in [0.1, 0.15) is 32.6 Å². The number of hydrogen-bond acceptors (Lipinski definition) is 3. The molecule has 1 amide bonds. The monoisotopic (exact) mass is 280 g/mol. The molecule has 0 aromatic heterocycles. The van der Waals surface area contributed by atoms with Crippen molar-refractivity contribution in [1.82, 2.24) is 10.6 Å². The topological polar surface area (TPSA) is 41.1 Å². The van der Waals surface area contributed by atoms with Gasteiger partial charge in [-0.05, 0) is 50.4 Å². The fraction of sp³-hybridized carbons (Fsp3) is 0.917. The Balaban J connectivity index is 0.00000256. The summed E-state index contributed by atoms with van der Waals surface area (Å²) in [5, 5.41) is 6.40. The van der Waals surface area contributed by atoms with E-state index in [1.54, 1.807) is 11.8 Å². The van der Waals surface area contributed by atoms with Crippen LogP contribution in [0.25, 0.3) is 0 Å². The van der Waals surface area contributed by atoms with Crippen molar-refractivity contribution in [2.45, 2.75) is 32.6 Å². The summed E-state index contributed by atoms with van der Waals surface area (Å²) in [6, 6.07) is 0. The quantitative estimate of drug-likeness (QED) is 0.702. The molecule has 5 heteroatoms. The number of rotatable bonds is 7. The van der Waals surface area contributed by atoms with Gasteiger partial charge in [-0.3, -0.25) is 4.79 Å². The van der Waals surface area contributed by atoms with Gasteiger partial charge in [0.05, 0.1) is 5.75 Å². The number of thioether (sulfide) groups is 1. The molecule has 1 heterocycles. The van der Waals surface area contributed by atoms with Crippen LogP contribution < -0.4 is 10.6 Å². The first kappa shape index (κ1) is 17.1. The van der Waals surface area contributed by atoms with Crippen molar-refractivity contribution in [1.29, 1.82) is 0 Å². The van der Waals surface area contributed by atoms with E-state index in [0.29, 0.717) is 5.75 Å². The van der Waals surface area contributed by atoms with E-state index in [-0.39, 0.29) is 18.3 Å². The summed E-state index contributed by atoms with van der Waals surface area (Å²) in [4.78, 5) is 11.4. The van der Waals surface area contributed by atoms with Crippen LogP contribution in [-0.4, -0.2) is 37.0 Å². The molecular weight excluding hydrogens is 256 g/mol. The van der Waals surface area contributed by atoms with Gasteiger partial charge in [0.2, 0.25) is 5.91 Å². The smallest absolute Gasteiger partial charge is 0.229 e. The molecule has 0 aromatic carbocycles. The highest BCUT2D eigenvalue weighted by Crippen LogP contribution is 2.12. The number of hydrogen-bond donors (Lipinski definition) is 2. The minimum Gasteiger partial charge on any atom is -0.355 e. The van der Waals surface area contributed by atoms with Crippen LogP contribution >= 0.6 is 24.2 Å². The SMILES string of the molecule is CCCSCC(=O)NCCC1CCCNC1.Cl. The zero-order valence-corrected chi connectivity index (χ0v) is 12.3. The molecule has 1 aliphatic heterocycles. The summed E-state index contributed by atoms with van der Waals surface area (Å²) >= 11 is 1.72. The van der Waals surface area contributed by atoms with Crippen LogP contribution in [0.15, 0.2) is 0 Å². The van der Waals surface area contributed by atoms with Crippen molar-refractivity contribution in [3.05, 3.63) is 0 Å². The van der Waals surface area contributed by atoms with E-state index in [4.69, 9.17) is 0 Å². The molecular formula is C12H25ClN2OS. The Morgan fingerprint density at radius 1 is 1.53 bits per heavy atom. The third-order valence-electron chi connectivity index (χ3n) is 2.86. The lowest BCUT2D eigenvalue weighted by Crippen LogP contribution is -2.33. The van der Waals surface area contributed by atoms with Gasteiger partial charge in [-0.2, -0.15) is 11.8 Å². The molecule has 1 fully saturated rings. The largest absolute Gasteiger partial charge is 0.355 e. The molecule has 0 saturated carbocycles. The number of halogens is 1. The summed E-state index contributed by atoms with van der Waals surface area (Å²) in [5.74, 6) is 2.66. The maximum Gasteiger partial charge on any atom is 0.229 e. The zero-order valence-electron chi connectivity index (χ0n) is 10.7. The van der Waals surface area contributed by atoms with Crippen LogP contribution in [0, 0.1) is 5.92 Å². The second-order valence-corrected chi connectivity index (χ2v) is 5.51. The van der Waals surface area contributed by atoms with Gasteiger partial charge in [0.15, 0.2) is 0 Å². The van der Waals surface area contributed by atoms with Crippen molar-refractivity contribution in [2.75, 3.05) is 31.1 Å². The van der Waals surface area contributed by atoms with Gasteiger partial charge in [-0.1, -0.05) is 6.92 Å². The van der Waals surface area contributed by atoms with Crippen LogP contribution in [-0.2, 0) is 4.79 Å². The zero-order chi connectivity index (χ0) is 11.6. The fourth-order valence-electron chi connectivity index (χ4n) is 1.95. The van der Waals surface area contributed by atoms with Crippen LogP contribution in [0.4, 0.5) is 0 Å². The van der Waals surface area contributed by atoms with Gasteiger partial charge < -0.3 is 10.6 Å². The first-order valence-electron chi connectivity index (χ1n) is 6.38. The standard InChI is InChI=1S/C12H24N2OS.ClH/c1-2-8-16-10-12(15)14-7-5-11-4-3-6-13-9-11;/h11,13H,2-10H2,1H3,(H,14,15);1H. The average molecular weight is 281 g/mol. The molecule has 0 aromatic rings. The Kier molecular flexibility index (Phi) is 11.2. The summed E-state index contributed by atoms with van der Waals surface area (Å²) in [6.07, 6.45) is 4.86. The number of amides is 1. The molecule has 1 unspecified atom stereocenters. The van der Waals surface area contributed by atoms with E-state index < -0.39 is 0 Å². The lowest BCUT2D eigenvalue weighted by molar-refractivity contribution is -0.118. The first-order chi connectivity index (χ1) is 7.83. The minimum absolute atomic E-state index is 0. The van der Waals surface area contributed by atoms with Crippen LogP contribution in [0.2, 0.25) is 0 Å². The van der Waals surface area contributed by atoms with Gasteiger partial charge in [0, 0.05) is 6.54 Å². The van der Waals surface area contributed by atoms with Gasteiger partial charge >= 0.3 is 0 Å². The molecule has 1 aliphatic rings. The van der Waals surface area contributed by atoms with Crippen molar-refractivity contribution >= 4 is 30.1 Å². The number of nitrogens with one attached hydrogen (secondary N) is 2. The number of piperidine rings is 1. The lowest BCUT2D eigenvalue weighted by atomic mass is 9.96. The molecule has 0 spiro atoms. The van der Waals surface area contributed by atoms with Crippen molar-refractivity contribution in [3.63, 3.8) is 0 Å². The third-order valence-corrected chi connectivity index (χ3v) is 4.02. The Labute approximate surface area is 115 Å². The van der Waals surface area contributed by atoms with Crippen LogP contribution in [0.5, 0.6) is 0 Å². The molecule has 1 rings (SSSR count). The third kappa shape index (κ3) is 8.75. The molecule has 2 N–H and O–H groups in total. The predicted molar refractivity (Wildman–Crippen MR) is 78.1 cm³/mol. The summed E-state index contributed by atoms with van der Waals surface area (Å²) in [5.41, 5.74) is 0. The van der Waals surface area contributed by atoms with E-state index in [1.807, 2.05) is 0 Å². The Bertz CT molecular complexity index is 199. The molecule has 102 valence electrons. The van der Waals surface area contributed by atoms with Gasteiger partial charge in [-0.25, -0.2) is 0 Å². The first-order valence-corrected chi connectivity index (χ1v) is 7.53. The summed E-state index contributed by atoms with van der Waals surface area (Å²) in [6.45, 7) is 5.27. The molecule has 1 atom stereocenters. The molecule has 0 bridgehead atoms. The Morgan fingerprint density at radius 2 is 2.35 bits per heavy atom. The summed E-state index contributed by atoms with van der Waals surface area (Å²) < 4.78 is 0. The lowest BCUT2D eigenvalue weighted by Gasteiger charge is -2.22. The predicted octanol–water partition coefficient (Wildman–Crippen LogP) is 2.06. The minimum atomic E-state index is 0. The highest BCUT2D eigenvalue weighted by Gasteiger charge is 2.12. The van der Waals surface area contributed by atoms with Gasteiger partial charge in [0.25, 0.3) is 0 Å². The summed E-state index contributed by atoms with van der Waals surface area (Å²) in [7, 11) is 0. The Morgan fingerprint density at radius 3 is 3.00 bits per heavy atom. The fourth-order valence-corrected chi connectivity index (χ4v) is 2.67. The van der Waals surface area contributed by atoms with E-state index in [0.717, 1.165) is 44.1 Å². The van der Waals surface area contributed by atoms with E-state index in [1.165, 1.54) is 12.8 Å². The molecule has 3 nitrogen and oxygen atoms in total.